The van der Waals surface area contributed by atoms with Gasteiger partial charge in [0.1, 0.15) is 5.69 Å². The van der Waals surface area contributed by atoms with Crippen molar-refractivity contribution in [1.29, 1.82) is 0 Å². The topological polar surface area (TPSA) is 110 Å². The van der Waals surface area contributed by atoms with Crippen LogP contribution in [0.4, 0.5) is 11.5 Å². The van der Waals surface area contributed by atoms with E-state index in [9.17, 15) is 4.79 Å². The number of aromatic nitrogens is 2. The van der Waals surface area contributed by atoms with E-state index in [-0.39, 0.29) is 11.2 Å². The molecule has 0 bridgehead atoms. The van der Waals surface area contributed by atoms with Crippen molar-refractivity contribution in [3.05, 3.63) is 28.8 Å². The lowest BCUT2D eigenvalue weighted by atomic mass is 10.4. The zero-order valence-corrected chi connectivity index (χ0v) is 7.66. The Labute approximate surface area is 81.0 Å². The zero-order chi connectivity index (χ0) is 10.4. The van der Waals surface area contributed by atoms with Gasteiger partial charge in [-0.15, -0.1) is 0 Å². The summed E-state index contributed by atoms with van der Waals surface area (Å²) in [5.41, 5.74) is 10.5. The molecule has 0 aliphatic heterocycles. The molecule has 1 aromatic rings. The van der Waals surface area contributed by atoms with Gasteiger partial charge in [0.2, 0.25) is 0 Å². The van der Waals surface area contributed by atoms with Crippen molar-refractivity contribution in [2.75, 3.05) is 24.1 Å². The summed E-state index contributed by atoms with van der Waals surface area (Å²) >= 11 is 0. The molecule has 0 atom stereocenters. The van der Waals surface area contributed by atoms with Crippen molar-refractivity contribution >= 4 is 11.5 Å². The average molecular weight is 195 g/mol. The van der Waals surface area contributed by atoms with E-state index in [4.69, 9.17) is 11.5 Å². The Bertz CT molecular complexity index is 370. The predicted octanol–water partition coefficient (Wildman–Crippen LogP) is -0.721. The first kappa shape index (κ1) is 10.3. The molecule has 6 heteroatoms. The molecule has 6 nitrogen and oxygen atoms in total. The Morgan fingerprint density at radius 1 is 1.57 bits per heavy atom. The summed E-state index contributed by atoms with van der Waals surface area (Å²) in [6.07, 6.45) is 4.94. The summed E-state index contributed by atoms with van der Waals surface area (Å²) < 4.78 is 0. The third kappa shape index (κ3) is 2.60. The molecule has 14 heavy (non-hydrogen) atoms. The highest BCUT2D eigenvalue weighted by atomic mass is 16.1. The molecule has 0 aromatic carbocycles. The fourth-order valence-electron chi connectivity index (χ4n) is 0.886. The number of anilines is 2. The number of nitrogens with two attached hydrogens (primary N) is 2. The van der Waals surface area contributed by atoms with Gasteiger partial charge in [-0.3, -0.25) is 4.79 Å². The first-order valence-electron chi connectivity index (χ1n) is 4.17. The molecule has 0 spiro atoms. The molecule has 1 rings (SSSR count). The molecule has 0 aliphatic rings. The second-order valence-corrected chi connectivity index (χ2v) is 2.58. The highest BCUT2D eigenvalue weighted by Gasteiger charge is 2.01. The van der Waals surface area contributed by atoms with Crippen LogP contribution in [-0.4, -0.2) is 23.1 Å². The molecular weight excluding hydrogens is 182 g/mol. The van der Waals surface area contributed by atoms with Crippen LogP contribution in [0.3, 0.4) is 0 Å². The zero-order valence-electron chi connectivity index (χ0n) is 7.66. The van der Waals surface area contributed by atoms with Crippen molar-refractivity contribution in [2.24, 2.45) is 5.73 Å². The van der Waals surface area contributed by atoms with Gasteiger partial charge < -0.3 is 21.8 Å². The predicted molar refractivity (Wildman–Crippen MR) is 56.0 cm³/mol. The smallest absolute Gasteiger partial charge is 0.276 e. The van der Waals surface area contributed by atoms with Crippen LogP contribution in [0.5, 0.6) is 0 Å². The van der Waals surface area contributed by atoms with E-state index in [1.165, 1.54) is 6.33 Å². The van der Waals surface area contributed by atoms with Crippen LogP contribution in [0.2, 0.25) is 0 Å². The summed E-state index contributed by atoms with van der Waals surface area (Å²) in [5.74, 6) is 0.385. The molecule has 0 amide bonds. The molecule has 0 unspecified atom stereocenters. The van der Waals surface area contributed by atoms with Crippen LogP contribution in [0.25, 0.3) is 0 Å². The van der Waals surface area contributed by atoms with Gasteiger partial charge in [-0.2, -0.15) is 0 Å². The van der Waals surface area contributed by atoms with Crippen LogP contribution in [0.1, 0.15) is 0 Å². The van der Waals surface area contributed by atoms with Crippen molar-refractivity contribution < 1.29 is 0 Å². The van der Waals surface area contributed by atoms with Crippen LogP contribution in [0.15, 0.2) is 23.3 Å². The molecule has 1 heterocycles. The first-order chi connectivity index (χ1) is 6.75. The molecule has 6 N–H and O–H groups in total. The largest absolute Gasteiger partial charge is 0.391 e. The highest BCUT2D eigenvalue weighted by molar-refractivity contribution is 5.59. The van der Waals surface area contributed by atoms with Crippen LogP contribution in [0, 0.1) is 0 Å². The summed E-state index contributed by atoms with van der Waals surface area (Å²) in [5, 5.41) is 2.89. The number of hydrogen-bond acceptors (Lipinski definition) is 5. The maximum absolute atomic E-state index is 11.0. The molecule has 76 valence electrons. The minimum atomic E-state index is -0.342. The van der Waals surface area contributed by atoms with Gasteiger partial charge >= 0.3 is 0 Å². The van der Waals surface area contributed by atoms with Crippen molar-refractivity contribution in [1.82, 2.24) is 9.97 Å². The Hall–Kier alpha value is -1.82. The summed E-state index contributed by atoms with van der Waals surface area (Å²) in [4.78, 5) is 17.3. The van der Waals surface area contributed by atoms with Gasteiger partial charge in [-0.25, -0.2) is 4.98 Å². The van der Waals surface area contributed by atoms with E-state index in [1.54, 1.807) is 6.08 Å². The number of nitrogens with one attached hydrogen (secondary N) is 2. The number of nitrogen functional groups attached to an aromatic ring is 1. The van der Waals surface area contributed by atoms with E-state index in [0.29, 0.717) is 18.9 Å². The monoisotopic (exact) mass is 195 g/mol. The lowest BCUT2D eigenvalue weighted by Crippen LogP contribution is -2.16. The summed E-state index contributed by atoms with van der Waals surface area (Å²) in [6.45, 7) is 1.03. The third-order valence-electron chi connectivity index (χ3n) is 1.58. The number of H-pyrrole nitrogens is 1. The standard InChI is InChI=1S/C8H13N5O/c9-3-1-2-4-11-7-6(10)8(14)13-5-12-7/h1-2,5H,3-4,9-10H2,(H2,11,12,13,14)/b2-1+. The SMILES string of the molecule is NC/C=C/CNc1nc[nH]c(=O)c1N. The van der Waals surface area contributed by atoms with Crippen molar-refractivity contribution in [2.45, 2.75) is 0 Å². The number of hydrogen-bond donors (Lipinski definition) is 4. The van der Waals surface area contributed by atoms with Gasteiger partial charge in [-0.1, -0.05) is 12.2 Å². The molecule has 0 fully saturated rings. The van der Waals surface area contributed by atoms with Crippen LogP contribution >= 0.6 is 0 Å². The minimum absolute atomic E-state index is 0.0913. The molecule has 0 radical (unpaired) electrons. The van der Waals surface area contributed by atoms with E-state index < -0.39 is 0 Å². The highest BCUT2D eigenvalue weighted by Crippen LogP contribution is 2.05. The van der Waals surface area contributed by atoms with E-state index in [2.05, 4.69) is 15.3 Å². The Kier molecular flexibility index (Phi) is 3.69. The fraction of sp³-hybridized carbons (Fsp3) is 0.250. The quantitative estimate of drug-likeness (QED) is 0.474. The van der Waals surface area contributed by atoms with E-state index in [1.807, 2.05) is 6.08 Å². The van der Waals surface area contributed by atoms with Crippen molar-refractivity contribution in [3.63, 3.8) is 0 Å². The van der Waals surface area contributed by atoms with Crippen LogP contribution in [-0.2, 0) is 0 Å². The average Bonchev–Trinajstić information content (AvgIpc) is 2.19. The number of rotatable bonds is 4. The van der Waals surface area contributed by atoms with Gasteiger partial charge in [0.05, 0.1) is 6.33 Å². The molecule has 1 aromatic heterocycles. The van der Waals surface area contributed by atoms with Gasteiger partial charge in [-0.05, 0) is 0 Å². The van der Waals surface area contributed by atoms with Crippen molar-refractivity contribution in [3.8, 4) is 0 Å². The third-order valence-corrected chi connectivity index (χ3v) is 1.58. The summed E-state index contributed by atoms with van der Waals surface area (Å²) in [6, 6.07) is 0. The van der Waals surface area contributed by atoms with Crippen LogP contribution < -0.4 is 22.3 Å². The Morgan fingerprint density at radius 3 is 3.07 bits per heavy atom. The molecular formula is C8H13N5O. The van der Waals surface area contributed by atoms with E-state index >= 15 is 0 Å². The fourth-order valence-corrected chi connectivity index (χ4v) is 0.886. The maximum atomic E-state index is 11.0. The lowest BCUT2D eigenvalue weighted by molar-refractivity contribution is 1.10. The van der Waals surface area contributed by atoms with Gasteiger partial charge in [0.15, 0.2) is 5.82 Å². The Morgan fingerprint density at radius 2 is 2.36 bits per heavy atom. The molecule has 0 saturated heterocycles. The lowest BCUT2D eigenvalue weighted by Gasteiger charge is -2.03. The Balaban J connectivity index is 2.63. The normalized spacial score (nSPS) is 10.6. The molecule has 0 saturated carbocycles. The maximum Gasteiger partial charge on any atom is 0.276 e. The van der Waals surface area contributed by atoms with Gasteiger partial charge in [0, 0.05) is 13.1 Å². The van der Waals surface area contributed by atoms with Gasteiger partial charge in [0.25, 0.3) is 5.56 Å². The number of aromatic amines is 1. The first-order valence-corrected chi connectivity index (χ1v) is 4.17. The van der Waals surface area contributed by atoms with E-state index in [0.717, 1.165) is 0 Å². The second-order valence-electron chi connectivity index (χ2n) is 2.58. The molecule has 0 aliphatic carbocycles. The minimum Gasteiger partial charge on any atom is -0.391 e. The second kappa shape index (κ2) is 5.03. The number of nitrogens with zero attached hydrogens (tertiary/aromatic N) is 1. The summed E-state index contributed by atoms with van der Waals surface area (Å²) in [7, 11) is 0.